The molecule has 0 radical (unpaired) electrons. The fourth-order valence-electron chi connectivity index (χ4n) is 2.17. The van der Waals surface area contributed by atoms with E-state index in [4.69, 9.17) is 0 Å². The normalized spacial score (nSPS) is 21.8. The summed E-state index contributed by atoms with van der Waals surface area (Å²) >= 11 is 3.31. The summed E-state index contributed by atoms with van der Waals surface area (Å²) in [6, 6.07) is 0.525. The zero-order valence-corrected chi connectivity index (χ0v) is 11.7. The molecule has 0 saturated carbocycles. The Morgan fingerprint density at radius 3 is 3.06 bits per heavy atom. The van der Waals surface area contributed by atoms with E-state index < -0.39 is 0 Å². The number of anilines is 1. The van der Waals surface area contributed by atoms with Crippen LogP contribution in [0.25, 0.3) is 0 Å². The highest BCUT2D eigenvalue weighted by Crippen LogP contribution is 2.22. The van der Waals surface area contributed by atoms with Gasteiger partial charge in [-0.25, -0.2) is 4.98 Å². The number of halogens is 1. The van der Waals surface area contributed by atoms with Gasteiger partial charge in [-0.1, -0.05) is 6.92 Å². The Kier molecular flexibility index (Phi) is 3.83. The highest BCUT2D eigenvalue weighted by molar-refractivity contribution is 9.10. The Morgan fingerprint density at radius 2 is 2.35 bits per heavy atom. The van der Waals surface area contributed by atoms with Gasteiger partial charge in [-0.15, -0.1) is 0 Å². The van der Waals surface area contributed by atoms with Crippen LogP contribution in [0.2, 0.25) is 0 Å². The van der Waals surface area contributed by atoms with Gasteiger partial charge in [0.2, 0.25) is 0 Å². The summed E-state index contributed by atoms with van der Waals surface area (Å²) in [6.07, 6.45) is 2.56. The third-order valence-corrected chi connectivity index (χ3v) is 4.04. The third kappa shape index (κ3) is 2.52. The molecule has 6 heteroatoms. The lowest BCUT2D eigenvalue weighted by molar-refractivity contribution is 0.212. The molecule has 1 atom stereocenters. The van der Waals surface area contributed by atoms with Crippen molar-refractivity contribution in [2.24, 2.45) is 0 Å². The van der Waals surface area contributed by atoms with Crippen LogP contribution in [0.4, 0.5) is 5.82 Å². The molecule has 0 amide bonds. The molecule has 1 aromatic heterocycles. The molecule has 1 aliphatic rings. The lowest BCUT2D eigenvalue weighted by atomic mass is 10.1. The van der Waals surface area contributed by atoms with Crippen LogP contribution in [0.15, 0.2) is 15.6 Å². The Hall–Kier alpha value is -0.880. The minimum absolute atomic E-state index is 0.123. The molecule has 2 heterocycles. The maximum atomic E-state index is 11.5. The number of nitrogens with zero attached hydrogens (tertiary/aromatic N) is 3. The van der Waals surface area contributed by atoms with E-state index in [1.807, 2.05) is 0 Å². The second kappa shape index (κ2) is 5.18. The van der Waals surface area contributed by atoms with Crippen LogP contribution in [0.1, 0.15) is 13.3 Å². The molecule has 0 aromatic carbocycles. The van der Waals surface area contributed by atoms with E-state index in [1.54, 1.807) is 0 Å². The second-order valence-electron chi connectivity index (χ2n) is 4.36. The molecule has 1 fully saturated rings. The Bertz CT molecular complexity index is 447. The Balaban J connectivity index is 2.23. The van der Waals surface area contributed by atoms with Crippen molar-refractivity contribution in [3.05, 3.63) is 21.2 Å². The summed E-state index contributed by atoms with van der Waals surface area (Å²) in [5, 5.41) is 0. The third-order valence-electron chi connectivity index (χ3n) is 3.33. The van der Waals surface area contributed by atoms with Crippen LogP contribution in [0.5, 0.6) is 0 Å². The molecule has 94 valence electrons. The molecule has 5 nitrogen and oxygen atoms in total. The number of nitrogens with one attached hydrogen (secondary N) is 1. The van der Waals surface area contributed by atoms with Gasteiger partial charge < -0.3 is 9.88 Å². The van der Waals surface area contributed by atoms with E-state index in [0.29, 0.717) is 10.5 Å². The highest BCUT2D eigenvalue weighted by atomic mass is 79.9. The van der Waals surface area contributed by atoms with Gasteiger partial charge in [0, 0.05) is 25.7 Å². The predicted molar refractivity (Wildman–Crippen MR) is 71.5 cm³/mol. The van der Waals surface area contributed by atoms with Crippen LogP contribution < -0.4 is 10.5 Å². The highest BCUT2D eigenvalue weighted by Gasteiger charge is 2.25. The van der Waals surface area contributed by atoms with Gasteiger partial charge in [0.25, 0.3) is 5.56 Å². The first-order valence-corrected chi connectivity index (χ1v) is 6.61. The van der Waals surface area contributed by atoms with Crippen molar-refractivity contribution >= 4 is 21.7 Å². The summed E-state index contributed by atoms with van der Waals surface area (Å²) < 4.78 is 0.527. The van der Waals surface area contributed by atoms with E-state index in [-0.39, 0.29) is 5.56 Å². The molecule has 0 spiro atoms. The molecule has 0 aliphatic carbocycles. The fraction of sp³-hybridized carbons (Fsp3) is 0.636. The number of hydrogen-bond donors (Lipinski definition) is 1. The number of likely N-dealkylation sites (N-methyl/N-ethyl adjacent to an activating group) is 1. The minimum atomic E-state index is -0.123. The van der Waals surface area contributed by atoms with E-state index >= 15 is 0 Å². The average molecular weight is 301 g/mol. The van der Waals surface area contributed by atoms with Crippen molar-refractivity contribution in [3.8, 4) is 0 Å². The molecule has 2 rings (SSSR count). The van der Waals surface area contributed by atoms with Crippen LogP contribution in [-0.2, 0) is 0 Å². The van der Waals surface area contributed by atoms with Gasteiger partial charge in [0.1, 0.15) is 10.3 Å². The maximum Gasteiger partial charge on any atom is 0.267 e. The fourth-order valence-corrected chi connectivity index (χ4v) is 2.64. The Morgan fingerprint density at radius 1 is 1.59 bits per heavy atom. The van der Waals surface area contributed by atoms with Crippen molar-refractivity contribution in [3.63, 3.8) is 0 Å². The molecular weight excluding hydrogens is 284 g/mol. The number of rotatable bonds is 2. The number of aromatic nitrogens is 2. The van der Waals surface area contributed by atoms with E-state index in [2.05, 4.69) is 49.7 Å². The first-order chi connectivity index (χ1) is 8.13. The SMILES string of the molecule is CCC1CN(c2nc[nH]c(=O)c2Br)CCN1C. The van der Waals surface area contributed by atoms with Gasteiger partial charge in [-0.3, -0.25) is 9.69 Å². The lowest BCUT2D eigenvalue weighted by Crippen LogP contribution is -2.51. The topological polar surface area (TPSA) is 52.2 Å². The van der Waals surface area contributed by atoms with Crippen molar-refractivity contribution in [2.75, 3.05) is 31.6 Å². The number of hydrogen-bond acceptors (Lipinski definition) is 4. The van der Waals surface area contributed by atoms with Crippen molar-refractivity contribution in [2.45, 2.75) is 19.4 Å². The summed E-state index contributed by atoms with van der Waals surface area (Å²) in [5.74, 6) is 0.750. The minimum Gasteiger partial charge on any atom is -0.353 e. The molecule has 1 N–H and O–H groups in total. The molecule has 17 heavy (non-hydrogen) atoms. The summed E-state index contributed by atoms with van der Waals surface area (Å²) in [5.41, 5.74) is -0.123. The molecule has 1 aliphatic heterocycles. The number of aromatic amines is 1. The van der Waals surface area contributed by atoms with E-state index in [1.165, 1.54) is 6.33 Å². The van der Waals surface area contributed by atoms with Crippen molar-refractivity contribution in [1.82, 2.24) is 14.9 Å². The molecule has 1 aromatic rings. The predicted octanol–water partition coefficient (Wildman–Crippen LogP) is 1.06. The molecular formula is C11H17BrN4O. The molecule has 1 unspecified atom stereocenters. The maximum absolute atomic E-state index is 11.5. The number of H-pyrrole nitrogens is 1. The lowest BCUT2D eigenvalue weighted by Gasteiger charge is -2.39. The average Bonchev–Trinajstić information content (AvgIpc) is 2.34. The summed E-state index contributed by atoms with van der Waals surface area (Å²) in [7, 11) is 2.14. The number of piperazine rings is 1. The van der Waals surface area contributed by atoms with Gasteiger partial charge in [-0.05, 0) is 29.4 Å². The Labute approximate surface area is 109 Å². The zero-order valence-electron chi connectivity index (χ0n) is 10.1. The van der Waals surface area contributed by atoms with Crippen LogP contribution in [0.3, 0.4) is 0 Å². The van der Waals surface area contributed by atoms with Crippen LogP contribution in [0, 0.1) is 0 Å². The largest absolute Gasteiger partial charge is 0.353 e. The van der Waals surface area contributed by atoms with Crippen molar-refractivity contribution < 1.29 is 0 Å². The summed E-state index contributed by atoms with van der Waals surface area (Å²) in [6.45, 7) is 5.01. The van der Waals surface area contributed by atoms with Crippen molar-refractivity contribution in [1.29, 1.82) is 0 Å². The molecule has 0 bridgehead atoms. The van der Waals surface area contributed by atoms with Crippen LogP contribution >= 0.6 is 15.9 Å². The van der Waals surface area contributed by atoms with Gasteiger partial charge in [-0.2, -0.15) is 0 Å². The van der Waals surface area contributed by atoms with E-state index in [9.17, 15) is 4.79 Å². The summed E-state index contributed by atoms with van der Waals surface area (Å²) in [4.78, 5) is 22.9. The quantitative estimate of drug-likeness (QED) is 0.887. The first kappa shape index (κ1) is 12.6. The first-order valence-electron chi connectivity index (χ1n) is 5.81. The van der Waals surface area contributed by atoms with Gasteiger partial charge in [0.15, 0.2) is 0 Å². The van der Waals surface area contributed by atoms with Gasteiger partial charge in [0.05, 0.1) is 6.33 Å². The molecule has 1 saturated heterocycles. The van der Waals surface area contributed by atoms with Crippen LogP contribution in [-0.4, -0.2) is 47.6 Å². The standard InChI is InChI=1S/C11H17BrN4O/c1-3-8-6-16(5-4-15(8)2)10-9(12)11(17)14-7-13-10/h7-8H,3-6H2,1-2H3,(H,13,14,17). The van der Waals surface area contributed by atoms with E-state index in [0.717, 1.165) is 31.9 Å². The zero-order chi connectivity index (χ0) is 12.4. The monoisotopic (exact) mass is 300 g/mol. The van der Waals surface area contributed by atoms with Gasteiger partial charge >= 0.3 is 0 Å². The smallest absolute Gasteiger partial charge is 0.267 e. The second-order valence-corrected chi connectivity index (χ2v) is 5.15.